The van der Waals surface area contributed by atoms with Crippen molar-refractivity contribution in [1.29, 1.82) is 0 Å². The van der Waals surface area contributed by atoms with Crippen LogP contribution in [0.2, 0.25) is 0 Å². The minimum absolute atomic E-state index is 0.378. The number of benzene rings is 1. The zero-order valence-corrected chi connectivity index (χ0v) is 11.1. The summed E-state index contributed by atoms with van der Waals surface area (Å²) in [6, 6.07) is 6.79. The maximum atomic E-state index is 5.07. The highest BCUT2D eigenvalue weighted by Crippen LogP contribution is 2.18. The van der Waals surface area contributed by atoms with E-state index in [0.29, 0.717) is 6.04 Å². The van der Waals surface area contributed by atoms with E-state index in [0.717, 1.165) is 13.2 Å². The average molecular weight is 272 g/mol. The molecular formula is C12H18BrNO. The highest BCUT2D eigenvalue weighted by molar-refractivity contribution is 9.10. The van der Waals surface area contributed by atoms with Gasteiger partial charge in [0.1, 0.15) is 0 Å². The van der Waals surface area contributed by atoms with Crippen molar-refractivity contribution < 1.29 is 4.74 Å². The van der Waals surface area contributed by atoms with E-state index in [4.69, 9.17) is 4.74 Å². The fraction of sp³-hybridized carbons (Fsp3) is 0.500. The molecule has 0 aliphatic rings. The number of rotatable bonds is 5. The Kier molecular flexibility index (Phi) is 5.29. The number of hydrogen-bond donors (Lipinski definition) is 1. The van der Waals surface area contributed by atoms with E-state index in [2.05, 4.69) is 53.3 Å². The molecule has 0 fully saturated rings. The monoisotopic (exact) mass is 271 g/mol. The lowest BCUT2D eigenvalue weighted by molar-refractivity contribution is 0.171. The fourth-order valence-electron chi connectivity index (χ4n) is 1.39. The van der Waals surface area contributed by atoms with E-state index in [1.165, 1.54) is 15.6 Å². The Bertz CT molecular complexity index is 314. The summed E-state index contributed by atoms with van der Waals surface area (Å²) < 4.78 is 6.23. The number of nitrogens with one attached hydrogen (secondary N) is 1. The molecule has 0 saturated carbocycles. The van der Waals surface area contributed by atoms with Crippen LogP contribution < -0.4 is 5.32 Å². The summed E-state index contributed by atoms with van der Waals surface area (Å²) in [7, 11) is 1.72. The van der Waals surface area contributed by atoms with Crippen molar-refractivity contribution in [3.63, 3.8) is 0 Å². The van der Waals surface area contributed by atoms with Crippen molar-refractivity contribution in [2.45, 2.75) is 26.4 Å². The van der Waals surface area contributed by atoms with Gasteiger partial charge in [-0.25, -0.2) is 0 Å². The standard InChI is InChI=1S/C12H18BrNO/c1-9-4-5-11(12(13)6-9)7-14-10(2)8-15-3/h4-6,10,14H,7-8H2,1-3H3/t10-/m0/s1. The first-order valence-electron chi connectivity index (χ1n) is 5.11. The zero-order valence-electron chi connectivity index (χ0n) is 9.51. The number of methoxy groups -OCH3 is 1. The highest BCUT2D eigenvalue weighted by Gasteiger charge is 2.03. The Labute approximate surface area is 100 Å². The average Bonchev–Trinajstić information content (AvgIpc) is 2.17. The third-order valence-corrected chi connectivity index (χ3v) is 3.00. The summed E-state index contributed by atoms with van der Waals surface area (Å²) in [5, 5.41) is 3.41. The van der Waals surface area contributed by atoms with Crippen molar-refractivity contribution >= 4 is 15.9 Å². The van der Waals surface area contributed by atoms with Gasteiger partial charge in [-0.15, -0.1) is 0 Å². The van der Waals surface area contributed by atoms with Gasteiger partial charge >= 0.3 is 0 Å². The van der Waals surface area contributed by atoms with Crippen LogP contribution in [0.1, 0.15) is 18.1 Å². The Morgan fingerprint density at radius 2 is 2.20 bits per heavy atom. The molecule has 0 amide bonds. The van der Waals surface area contributed by atoms with Crippen molar-refractivity contribution in [1.82, 2.24) is 5.32 Å². The van der Waals surface area contributed by atoms with Crippen molar-refractivity contribution in [3.8, 4) is 0 Å². The van der Waals surface area contributed by atoms with Gasteiger partial charge in [0.15, 0.2) is 0 Å². The Morgan fingerprint density at radius 3 is 2.80 bits per heavy atom. The molecule has 0 heterocycles. The van der Waals surface area contributed by atoms with Crippen LogP contribution >= 0.6 is 15.9 Å². The molecule has 84 valence electrons. The molecule has 1 atom stereocenters. The predicted octanol–water partition coefficient (Wildman–Crippen LogP) is 2.88. The zero-order chi connectivity index (χ0) is 11.3. The van der Waals surface area contributed by atoms with E-state index in [-0.39, 0.29) is 0 Å². The van der Waals surface area contributed by atoms with E-state index < -0.39 is 0 Å². The summed E-state index contributed by atoms with van der Waals surface area (Å²) in [6.07, 6.45) is 0. The summed E-state index contributed by atoms with van der Waals surface area (Å²) in [5.74, 6) is 0. The number of hydrogen-bond acceptors (Lipinski definition) is 2. The number of halogens is 1. The second-order valence-electron chi connectivity index (χ2n) is 3.83. The van der Waals surface area contributed by atoms with Gasteiger partial charge in [-0.05, 0) is 31.0 Å². The molecule has 0 aromatic heterocycles. The topological polar surface area (TPSA) is 21.3 Å². The van der Waals surface area contributed by atoms with Crippen LogP contribution in [0.15, 0.2) is 22.7 Å². The molecule has 1 aromatic rings. The number of ether oxygens (including phenoxy) is 1. The Hall–Kier alpha value is -0.380. The lowest BCUT2D eigenvalue weighted by atomic mass is 10.1. The first kappa shape index (κ1) is 12.7. The second-order valence-corrected chi connectivity index (χ2v) is 4.69. The molecule has 1 N–H and O–H groups in total. The lowest BCUT2D eigenvalue weighted by Crippen LogP contribution is -2.29. The third-order valence-electron chi connectivity index (χ3n) is 2.27. The van der Waals surface area contributed by atoms with Crippen molar-refractivity contribution in [2.75, 3.05) is 13.7 Å². The Balaban J connectivity index is 2.50. The summed E-state index contributed by atoms with van der Waals surface area (Å²) >= 11 is 3.56. The van der Waals surface area contributed by atoms with E-state index >= 15 is 0 Å². The lowest BCUT2D eigenvalue weighted by Gasteiger charge is -2.13. The van der Waals surface area contributed by atoms with Crippen LogP contribution in [0.25, 0.3) is 0 Å². The molecule has 3 heteroatoms. The van der Waals surface area contributed by atoms with Crippen LogP contribution in [0.5, 0.6) is 0 Å². The maximum absolute atomic E-state index is 5.07. The third kappa shape index (κ3) is 4.33. The van der Waals surface area contributed by atoms with Gasteiger partial charge in [-0.1, -0.05) is 28.1 Å². The normalized spacial score (nSPS) is 12.8. The van der Waals surface area contributed by atoms with Crippen LogP contribution in [0.4, 0.5) is 0 Å². The SMILES string of the molecule is COC[C@H](C)NCc1ccc(C)cc1Br. The molecule has 1 aromatic carbocycles. The summed E-state index contributed by atoms with van der Waals surface area (Å²) in [5.41, 5.74) is 2.55. The van der Waals surface area contributed by atoms with Gasteiger partial charge in [-0.2, -0.15) is 0 Å². The minimum atomic E-state index is 0.378. The van der Waals surface area contributed by atoms with Crippen molar-refractivity contribution in [2.24, 2.45) is 0 Å². The van der Waals surface area contributed by atoms with Crippen LogP contribution in [0.3, 0.4) is 0 Å². The van der Waals surface area contributed by atoms with E-state index in [1.807, 2.05) is 0 Å². The number of aryl methyl sites for hydroxylation is 1. The van der Waals surface area contributed by atoms with E-state index in [9.17, 15) is 0 Å². The van der Waals surface area contributed by atoms with Gasteiger partial charge in [0.2, 0.25) is 0 Å². The van der Waals surface area contributed by atoms with Crippen LogP contribution in [-0.2, 0) is 11.3 Å². The Morgan fingerprint density at radius 1 is 1.47 bits per heavy atom. The molecule has 2 nitrogen and oxygen atoms in total. The second kappa shape index (κ2) is 6.26. The summed E-state index contributed by atoms with van der Waals surface area (Å²) in [6.45, 7) is 5.82. The van der Waals surface area contributed by atoms with E-state index in [1.54, 1.807) is 7.11 Å². The van der Waals surface area contributed by atoms with Gasteiger partial charge in [0.25, 0.3) is 0 Å². The minimum Gasteiger partial charge on any atom is -0.383 e. The van der Waals surface area contributed by atoms with Crippen LogP contribution in [0, 0.1) is 6.92 Å². The van der Waals surface area contributed by atoms with Crippen LogP contribution in [-0.4, -0.2) is 19.8 Å². The smallest absolute Gasteiger partial charge is 0.0613 e. The highest BCUT2D eigenvalue weighted by atomic mass is 79.9. The van der Waals surface area contributed by atoms with Gasteiger partial charge in [0, 0.05) is 24.2 Å². The molecule has 0 aliphatic carbocycles. The van der Waals surface area contributed by atoms with Gasteiger partial charge in [-0.3, -0.25) is 0 Å². The first-order chi connectivity index (χ1) is 7.13. The largest absolute Gasteiger partial charge is 0.383 e. The molecule has 15 heavy (non-hydrogen) atoms. The molecule has 0 spiro atoms. The molecule has 0 radical (unpaired) electrons. The molecule has 1 rings (SSSR count). The molecule has 0 unspecified atom stereocenters. The van der Waals surface area contributed by atoms with Gasteiger partial charge < -0.3 is 10.1 Å². The predicted molar refractivity (Wildman–Crippen MR) is 67.1 cm³/mol. The van der Waals surface area contributed by atoms with Gasteiger partial charge in [0.05, 0.1) is 6.61 Å². The molecular weight excluding hydrogens is 254 g/mol. The molecule has 0 saturated heterocycles. The molecule has 0 bridgehead atoms. The van der Waals surface area contributed by atoms with Crippen molar-refractivity contribution in [3.05, 3.63) is 33.8 Å². The molecule has 0 aliphatic heterocycles. The quantitative estimate of drug-likeness (QED) is 0.890. The summed E-state index contributed by atoms with van der Waals surface area (Å²) in [4.78, 5) is 0. The maximum Gasteiger partial charge on any atom is 0.0613 e. The fourth-order valence-corrected chi connectivity index (χ4v) is 2.02. The first-order valence-corrected chi connectivity index (χ1v) is 5.90.